The van der Waals surface area contributed by atoms with Crippen molar-refractivity contribution >= 4 is 29.2 Å². The van der Waals surface area contributed by atoms with Crippen LogP contribution in [0.25, 0.3) is 0 Å². The van der Waals surface area contributed by atoms with Gasteiger partial charge in [-0.3, -0.25) is 19.5 Å². The highest BCUT2D eigenvalue weighted by atomic mass is 32.1. The van der Waals surface area contributed by atoms with Crippen LogP contribution in [0.4, 0.5) is 4.79 Å². The molecule has 2 aliphatic rings. The van der Waals surface area contributed by atoms with E-state index in [0.29, 0.717) is 50.4 Å². The summed E-state index contributed by atoms with van der Waals surface area (Å²) in [6, 6.07) is 9.24. The van der Waals surface area contributed by atoms with E-state index in [2.05, 4.69) is 30.2 Å². The first-order valence-corrected chi connectivity index (χ1v) is 13.1. The summed E-state index contributed by atoms with van der Waals surface area (Å²) in [5.41, 5.74) is -0.209. The number of urea groups is 1. The number of rotatable bonds is 9. The third-order valence-corrected chi connectivity index (χ3v) is 8.01. The Labute approximate surface area is 205 Å². The third-order valence-electron chi connectivity index (χ3n) is 7.07. The summed E-state index contributed by atoms with van der Waals surface area (Å²) in [5.74, 6) is 0.455. The normalized spacial score (nSPS) is 21.4. The minimum absolute atomic E-state index is 0.0118. The van der Waals surface area contributed by atoms with E-state index in [1.807, 2.05) is 34.5 Å². The topological polar surface area (TPSA) is 82.6 Å². The van der Waals surface area contributed by atoms with E-state index < -0.39 is 5.54 Å². The molecule has 0 saturated carbocycles. The number of aromatic nitrogens is 1. The van der Waals surface area contributed by atoms with E-state index in [1.54, 1.807) is 17.5 Å². The molecule has 4 amide bonds. The summed E-state index contributed by atoms with van der Waals surface area (Å²) in [5, 5.41) is 5.14. The molecule has 8 heteroatoms. The number of carbonyl (C=O) groups is 3. The smallest absolute Gasteiger partial charge is 0.325 e. The average molecular weight is 483 g/mol. The van der Waals surface area contributed by atoms with Gasteiger partial charge in [0.15, 0.2) is 0 Å². The largest absolute Gasteiger partial charge is 0.343 e. The Hall–Kier alpha value is -2.74. The van der Waals surface area contributed by atoms with Crippen molar-refractivity contribution in [3.8, 4) is 0 Å². The average Bonchev–Trinajstić information content (AvgIpc) is 3.45. The van der Waals surface area contributed by atoms with E-state index in [1.165, 1.54) is 9.78 Å². The first-order chi connectivity index (χ1) is 16.4. The molecular formula is C26H34N4O3S. The molecule has 2 aromatic heterocycles. The maximum Gasteiger partial charge on any atom is 0.325 e. The minimum atomic E-state index is -0.901. The van der Waals surface area contributed by atoms with Gasteiger partial charge in [-0.15, -0.1) is 11.3 Å². The predicted octanol–water partition coefficient (Wildman–Crippen LogP) is 4.24. The van der Waals surface area contributed by atoms with Crippen molar-refractivity contribution in [1.29, 1.82) is 0 Å². The first kappa shape index (κ1) is 24.4. The van der Waals surface area contributed by atoms with Crippen molar-refractivity contribution in [2.45, 2.75) is 64.5 Å². The van der Waals surface area contributed by atoms with Gasteiger partial charge in [0.2, 0.25) is 5.91 Å². The summed E-state index contributed by atoms with van der Waals surface area (Å²) in [6.07, 6.45) is 5.85. The van der Waals surface area contributed by atoms with Crippen LogP contribution in [0.2, 0.25) is 0 Å². The monoisotopic (exact) mass is 482 g/mol. The molecule has 2 aliphatic heterocycles. The Kier molecular flexibility index (Phi) is 7.66. The number of likely N-dealkylation sites (tertiary alicyclic amines) is 1. The van der Waals surface area contributed by atoms with Crippen LogP contribution in [-0.4, -0.2) is 51.3 Å². The van der Waals surface area contributed by atoms with Gasteiger partial charge in [0.1, 0.15) is 5.54 Å². The van der Waals surface area contributed by atoms with E-state index in [0.717, 1.165) is 12.8 Å². The molecule has 2 saturated heterocycles. The summed E-state index contributed by atoms with van der Waals surface area (Å²) in [6.45, 7) is 5.70. The van der Waals surface area contributed by atoms with E-state index in [9.17, 15) is 14.4 Å². The highest BCUT2D eigenvalue weighted by Gasteiger charge is 2.55. The van der Waals surface area contributed by atoms with Crippen molar-refractivity contribution in [2.24, 2.45) is 11.8 Å². The summed E-state index contributed by atoms with van der Waals surface area (Å²) >= 11 is 1.68. The zero-order chi connectivity index (χ0) is 24.1. The van der Waals surface area contributed by atoms with Crippen LogP contribution >= 0.6 is 11.3 Å². The number of nitrogens with zero attached hydrogens (tertiary/aromatic N) is 3. The Morgan fingerprint density at radius 3 is 2.65 bits per heavy atom. The molecule has 0 spiro atoms. The van der Waals surface area contributed by atoms with Crippen molar-refractivity contribution < 1.29 is 14.4 Å². The maximum atomic E-state index is 13.7. The van der Waals surface area contributed by atoms with Crippen LogP contribution in [-0.2, 0) is 22.6 Å². The number of hydrogen-bond acceptors (Lipinski definition) is 5. The quantitative estimate of drug-likeness (QED) is 0.542. The van der Waals surface area contributed by atoms with E-state index in [-0.39, 0.29) is 30.3 Å². The lowest BCUT2D eigenvalue weighted by molar-refractivity contribution is -0.136. The van der Waals surface area contributed by atoms with Gasteiger partial charge in [-0.25, -0.2) is 4.79 Å². The van der Waals surface area contributed by atoms with Gasteiger partial charge in [0, 0.05) is 30.6 Å². The van der Waals surface area contributed by atoms with Gasteiger partial charge in [-0.1, -0.05) is 26.0 Å². The molecule has 0 bridgehead atoms. The van der Waals surface area contributed by atoms with E-state index in [4.69, 9.17) is 0 Å². The summed E-state index contributed by atoms with van der Waals surface area (Å²) < 4.78 is 0. The SMILES string of the molecule is CC(C)CC[C@@]1(C2CCN(C(=O)CCc3cccs3)CC2)NC(=O)N(Cc2ccccn2)C1=O. The van der Waals surface area contributed by atoms with Gasteiger partial charge >= 0.3 is 6.03 Å². The number of nitrogens with one attached hydrogen (secondary N) is 1. The second-order valence-electron chi connectivity index (χ2n) is 9.78. The van der Waals surface area contributed by atoms with Crippen LogP contribution in [0.5, 0.6) is 0 Å². The maximum absolute atomic E-state index is 13.7. The lowest BCUT2D eigenvalue weighted by atomic mass is 9.73. The van der Waals surface area contributed by atoms with Crippen molar-refractivity contribution in [1.82, 2.24) is 20.1 Å². The van der Waals surface area contributed by atoms with Crippen LogP contribution in [0, 0.1) is 11.8 Å². The standard InChI is InChI=1S/C26H34N4O3S/c1-19(2)10-13-26(24(32)30(25(33)28-26)18-21-6-3-4-14-27-21)20-11-15-29(16-12-20)23(31)9-8-22-7-5-17-34-22/h3-7,14,17,19-20H,8-13,15-16,18H2,1-2H3,(H,28,33)/t26-/m0/s1. The van der Waals surface area contributed by atoms with Crippen LogP contribution in [0.3, 0.4) is 0 Å². The number of hydrogen-bond donors (Lipinski definition) is 1. The predicted molar refractivity (Wildman–Crippen MR) is 132 cm³/mol. The molecule has 34 heavy (non-hydrogen) atoms. The fourth-order valence-electron chi connectivity index (χ4n) is 5.07. The zero-order valence-electron chi connectivity index (χ0n) is 20.0. The molecule has 0 aromatic carbocycles. The lowest BCUT2D eigenvalue weighted by Crippen LogP contribution is -2.56. The highest BCUT2D eigenvalue weighted by molar-refractivity contribution is 7.09. The second-order valence-corrected chi connectivity index (χ2v) is 10.8. The first-order valence-electron chi connectivity index (χ1n) is 12.2. The number of amides is 4. The minimum Gasteiger partial charge on any atom is -0.343 e. The zero-order valence-corrected chi connectivity index (χ0v) is 20.9. The van der Waals surface area contributed by atoms with Crippen LogP contribution in [0.15, 0.2) is 41.9 Å². The number of piperidine rings is 1. The molecule has 4 heterocycles. The highest BCUT2D eigenvalue weighted by Crippen LogP contribution is 2.38. The Balaban J connectivity index is 1.43. The number of aryl methyl sites for hydroxylation is 1. The van der Waals surface area contributed by atoms with Crippen molar-refractivity contribution in [3.63, 3.8) is 0 Å². The molecule has 7 nitrogen and oxygen atoms in total. The Bertz CT molecular complexity index is 987. The van der Waals surface area contributed by atoms with Gasteiger partial charge in [0.25, 0.3) is 5.91 Å². The fraction of sp³-hybridized carbons (Fsp3) is 0.538. The fourth-order valence-corrected chi connectivity index (χ4v) is 5.78. The van der Waals surface area contributed by atoms with Crippen LogP contribution in [0.1, 0.15) is 56.5 Å². The lowest BCUT2D eigenvalue weighted by Gasteiger charge is -2.41. The van der Waals surface area contributed by atoms with E-state index >= 15 is 0 Å². The van der Waals surface area contributed by atoms with Gasteiger partial charge < -0.3 is 10.2 Å². The molecule has 1 N–H and O–H groups in total. The molecule has 1 atom stereocenters. The summed E-state index contributed by atoms with van der Waals surface area (Å²) in [7, 11) is 0. The number of imide groups is 1. The van der Waals surface area contributed by atoms with Crippen LogP contribution < -0.4 is 5.32 Å². The third kappa shape index (κ3) is 5.32. The number of carbonyl (C=O) groups excluding carboxylic acids is 3. The molecule has 2 fully saturated rings. The molecule has 0 unspecified atom stereocenters. The second kappa shape index (κ2) is 10.7. The molecule has 2 aromatic rings. The van der Waals surface area contributed by atoms with Crippen molar-refractivity contribution in [3.05, 3.63) is 52.5 Å². The Morgan fingerprint density at radius 1 is 1.21 bits per heavy atom. The number of pyridine rings is 1. The van der Waals surface area contributed by atoms with Gasteiger partial charge in [-0.2, -0.15) is 0 Å². The van der Waals surface area contributed by atoms with Gasteiger partial charge in [0.05, 0.1) is 12.2 Å². The molecule has 4 rings (SSSR count). The molecule has 0 radical (unpaired) electrons. The molecule has 182 valence electrons. The van der Waals surface area contributed by atoms with Crippen molar-refractivity contribution in [2.75, 3.05) is 13.1 Å². The molecular weight excluding hydrogens is 448 g/mol. The Morgan fingerprint density at radius 2 is 2.00 bits per heavy atom. The molecule has 0 aliphatic carbocycles. The summed E-state index contributed by atoms with van der Waals surface area (Å²) in [4.78, 5) is 48.2. The number of thiophene rings is 1. The van der Waals surface area contributed by atoms with Gasteiger partial charge in [-0.05, 0) is 67.5 Å².